The lowest BCUT2D eigenvalue weighted by Crippen LogP contribution is -2.50. The molecular weight excluding hydrogens is 442 g/mol. The Bertz CT molecular complexity index is 1530. The molecular formula is C27H23N5O3. The van der Waals surface area contributed by atoms with Crippen LogP contribution in [0, 0.1) is 0 Å². The summed E-state index contributed by atoms with van der Waals surface area (Å²) in [5.74, 6) is 0.676. The number of nitrogens with zero attached hydrogens (tertiary/aromatic N) is 4. The second-order valence-corrected chi connectivity index (χ2v) is 8.93. The molecule has 35 heavy (non-hydrogen) atoms. The predicted octanol–water partition coefficient (Wildman–Crippen LogP) is 5.60. The Morgan fingerprint density at radius 1 is 1.03 bits per heavy atom. The number of furan rings is 1. The molecule has 6 rings (SSSR count). The van der Waals surface area contributed by atoms with Crippen molar-refractivity contribution in [2.24, 2.45) is 7.05 Å². The summed E-state index contributed by atoms with van der Waals surface area (Å²) >= 11 is 0. The topological polar surface area (TPSA) is 106 Å². The SMILES string of the molecule is Cn1cc(-c2cnc3oc(-c4ccc(C5(NC(=O)O)CCC5)cc4)c(-c4ccccc4)c3n2)cn1. The lowest BCUT2D eigenvalue weighted by molar-refractivity contribution is 0.144. The van der Waals surface area contributed by atoms with Gasteiger partial charge in [0.15, 0.2) is 0 Å². The van der Waals surface area contributed by atoms with E-state index < -0.39 is 11.6 Å². The zero-order valence-electron chi connectivity index (χ0n) is 19.1. The third kappa shape index (κ3) is 3.63. The Labute approximate surface area is 201 Å². The molecule has 0 saturated heterocycles. The van der Waals surface area contributed by atoms with Crippen molar-refractivity contribution in [2.45, 2.75) is 24.8 Å². The van der Waals surface area contributed by atoms with Gasteiger partial charge in [-0.25, -0.2) is 14.8 Å². The van der Waals surface area contributed by atoms with E-state index in [9.17, 15) is 9.90 Å². The van der Waals surface area contributed by atoms with E-state index in [2.05, 4.69) is 15.4 Å². The van der Waals surface area contributed by atoms with Gasteiger partial charge in [0.1, 0.15) is 11.3 Å². The summed E-state index contributed by atoms with van der Waals surface area (Å²) < 4.78 is 7.99. The second kappa shape index (κ2) is 8.09. The Morgan fingerprint density at radius 2 is 1.80 bits per heavy atom. The van der Waals surface area contributed by atoms with Crippen molar-refractivity contribution in [3.63, 3.8) is 0 Å². The molecule has 8 heteroatoms. The molecule has 2 aromatic carbocycles. The fraction of sp³-hybridized carbons (Fsp3) is 0.185. The lowest BCUT2D eigenvalue weighted by Gasteiger charge is -2.42. The van der Waals surface area contributed by atoms with Gasteiger partial charge < -0.3 is 14.8 Å². The van der Waals surface area contributed by atoms with Crippen LogP contribution >= 0.6 is 0 Å². The number of benzene rings is 2. The van der Waals surface area contributed by atoms with Crippen LogP contribution in [0.2, 0.25) is 0 Å². The van der Waals surface area contributed by atoms with Crippen LogP contribution in [0.4, 0.5) is 4.79 Å². The molecule has 0 spiro atoms. The van der Waals surface area contributed by atoms with Gasteiger partial charge >= 0.3 is 6.09 Å². The number of hydrogen-bond donors (Lipinski definition) is 2. The van der Waals surface area contributed by atoms with Gasteiger partial charge in [-0.15, -0.1) is 0 Å². The molecule has 174 valence electrons. The van der Waals surface area contributed by atoms with Gasteiger partial charge in [0.05, 0.1) is 29.2 Å². The number of carboxylic acid groups (broad SMARTS) is 1. The quantitative estimate of drug-likeness (QED) is 0.350. The van der Waals surface area contributed by atoms with Crippen molar-refractivity contribution in [3.05, 3.63) is 78.8 Å². The summed E-state index contributed by atoms with van der Waals surface area (Å²) in [7, 11) is 1.87. The van der Waals surface area contributed by atoms with Crippen LogP contribution in [0.15, 0.2) is 77.6 Å². The van der Waals surface area contributed by atoms with Gasteiger partial charge in [0.25, 0.3) is 0 Å². The smallest absolute Gasteiger partial charge is 0.405 e. The van der Waals surface area contributed by atoms with Crippen LogP contribution in [0.25, 0.3) is 44.9 Å². The average Bonchev–Trinajstić information content (AvgIpc) is 3.45. The molecule has 1 amide bonds. The summed E-state index contributed by atoms with van der Waals surface area (Å²) in [6, 6.07) is 17.9. The van der Waals surface area contributed by atoms with Crippen molar-refractivity contribution in [3.8, 4) is 33.7 Å². The molecule has 1 saturated carbocycles. The fourth-order valence-corrected chi connectivity index (χ4v) is 4.80. The molecule has 5 aromatic rings. The normalized spacial score (nSPS) is 14.5. The van der Waals surface area contributed by atoms with E-state index in [1.54, 1.807) is 17.1 Å². The predicted molar refractivity (Wildman–Crippen MR) is 132 cm³/mol. The average molecular weight is 466 g/mol. The molecule has 0 aliphatic heterocycles. The first-order valence-electron chi connectivity index (χ1n) is 11.5. The number of fused-ring (bicyclic) bond motifs is 1. The summed E-state index contributed by atoms with van der Waals surface area (Å²) in [5, 5.41) is 16.3. The molecule has 1 fully saturated rings. The first-order chi connectivity index (χ1) is 17.0. The standard InChI is InChI=1S/C27H23N5O3/c1-32-16-19(14-29-32)21-15-28-25-23(30-21)22(17-6-3-2-4-7-17)24(35-25)18-8-10-20(11-9-18)27(12-5-13-27)31-26(33)34/h2-4,6-11,14-16,31H,5,12-13H2,1H3,(H,33,34). The number of rotatable bonds is 5. The minimum Gasteiger partial charge on any atom is -0.465 e. The minimum absolute atomic E-state index is 0.457. The highest BCUT2D eigenvalue weighted by Gasteiger charge is 2.40. The van der Waals surface area contributed by atoms with Crippen LogP contribution in [0.5, 0.6) is 0 Å². The van der Waals surface area contributed by atoms with E-state index in [4.69, 9.17) is 9.40 Å². The minimum atomic E-state index is -1.00. The fourth-order valence-electron chi connectivity index (χ4n) is 4.80. The summed E-state index contributed by atoms with van der Waals surface area (Å²) in [4.78, 5) is 20.8. The maximum atomic E-state index is 11.4. The van der Waals surface area contributed by atoms with Gasteiger partial charge in [-0.05, 0) is 30.4 Å². The van der Waals surface area contributed by atoms with Crippen LogP contribution in [0.3, 0.4) is 0 Å². The van der Waals surface area contributed by atoms with Gasteiger partial charge in [-0.1, -0.05) is 54.6 Å². The second-order valence-electron chi connectivity index (χ2n) is 8.93. The number of amides is 1. The largest absolute Gasteiger partial charge is 0.465 e. The number of aromatic nitrogens is 4. The van der Waals surface area contributed by atoms with Crippen LogP contribution in [-0.2, 0) is 12.6 Å². The van der Waals surface area contributed by atoms with Gasteiger partial charge in [0, 0.05) is 24.4 Å². The summed E-state index contributed by atoms with van der Waals surface area (Å²) in [5.41, 5.74) is 5.91. The number of aryl methyl sites for hydroxylation is 1. The van der Waals surface area contributed by atoms with Crippen LogP contribution in [-0.4, -0.2) is 30.9 Å². The number of hydrogen-bond acceptors (Lipinski definition) is 5. The van der Waals surface area contributed by atoms with Gasteiger partial charge in [-0.3, -0.25) is 4.68 Å². The zero-order chi connectivity index (χ0) is 24.0. The van der Waals surface area contributed by atoms with E-state index in [1.807, 2.05) is 67.8 Å². The Kier molecular flexibility index (Phi) is 4.88. The van der Waals surface area contributed by atoms with E-state index in [0.717, 1.165) is 52.8 Å². The van der Waals surface area contributed by atoms with Gasteiger partial charge in [0.2, 0.25) is 5.71 Å². The van der Waals surface area contributed by atoms with E-state index >= 15 is 0 Å². The molecule has 0 unspecified atom stereocenters. The van der Waals surface area contributed by atoms with Crippen molar-refractivity contribution in [2.75, 3.05) is 0 Å². The van der Waals surface area contributed by atoms with Crippen molar-refractivity contribution in [1.82, 2.24) is 25.1 Å². The third-order valence-electron chi connectivity index (χ3n) is 6.72. The highest BCUT2D eigenvalue weighted by atomic mass is 16.4. The molecule has 2 N–H and O–H groups in total. The number of nitrogens with one attached hydrogen (secondary N) is 1. The molecule has 0 bridgehead atoms. The molecule has 8 nitrogen and oxygen atoms in total. The maximum Gasteiger partial charge on any atom is 0.405 e. The van der Waals surface area contributed by atoms with E-state index in [1.165, 1.54) is 0 Å². The van der Waals surface area contributed by atoms with Gasteiger partial charge in [-0.2, -0.15) is 5.10 Å². The monoisotopic (exact) mass is 465 g/mol. The highest BCUT2D eigenvalue weighted by Crippen LogP contribution is 2.43. The Balaban J connectivity index is 1.48. The van der Waals surface area contributed by atoms with E-state index in [-0.39, 0.29) is 0 Å². The van der Waals surface area contributed by atoms with Crippen molar-refractivity contribution >= 4 is 17.3 Å². The third-order valence-corrected chi connectivity index (χ3v) is 6.72. The molecule has 1 aliphatic rings. The zero-order valence-corrected chi connectivity index (χ0v) is 19.1. The summed E-state index contributed by atoms with van der Waals surface area (Å²) in [6.07, 6.45) is 6.95. The first kappa shape index (κ1) is 21.1. The van der Waals surface area contributed by atoms with Crippen molar-refractivity contribution < 1.29 is 14.3 Å². The number of carbonyl (C=O) groups is 1. The maximum absolute atomic E-state index is 11.4. The lowest BCUT2D eigenvalue weighted by atomic mass is 9.72. The van der Waals surface area contributed by atoms with Crippen molar-refractivity contribution in [1.29, 1.82) is 0 Å². The Morgan fingerprint density at radius 3 is 2.43 bits per heavy atom. The molecule has 0 radical (unpaired) electrons. The first-order valence-corrected chi connectivity index (χ1v) is 11.5. The molecule has 0 atom stereocenters. The summed E-state index contributed by atoms with van der Waals surface area (Å²) in [6.45, 7) is 0. The Hall–Kier alpha value is -4.46. The molecule has 3 heterocycles. The molecule has 3 aromatic heterocycles. The molecule has 1 aliphatic carbocycles. The van der Waals surface area contributed by atoms with E-state index in [0.29, 0.717) is 17.0 Å². The van der Waals surface area contributed by atoms with Crippen LogP contribution in [0.1, 0.15) is 24.8 Å². The van der Waals surface area contributed by atoms with Crippen LogP contribution < -0.4 is 5.32 Å². The highest BCUT2D eigenvalue weighted by molar-refractivity contribution is 5.98.